The number of rotatable bonds is 6. The van der Waals surface area contributed by atoms with Crippen molar-refractivity contribution in [3.05, 3.63) is 36.0 Å². The second-order valence-corrected chi connectivity index (χ2v) is 6.13. The molecule has 10 heteroatoms. The molecule has 0 aliphatic carbocycles. The number of nitrogens with zero attached hydrogens (tertiary/aromatic N) is 2. The number of imide groups is 1. The first-order chi connectivity index (χ1) is 11.9. The molecular weight excluding hydrogens is 353 g/mol. The van der Waals surface area contributed by atoms with Gasteiger partial charge in [-0.3, -0.25) is 10.1 Å². The van der Waals surface area contributed by atoms with E-state index >= 15 is 0 Å². The summed E-state index contributed by atoms with van der Waals surface area (Å²) in [5, 5.41) is 9.11. The van der Waals surface area contributed by atoms with Gasteiger partial charge in [-0.1, -0.05) is 23.9 Å². The van der Waals surface area contributed by atoms with Gasteiger partial charge in [0, 0.05) is 0 Å². The molecular formula is C15H16FN3O5S. The quantitative estimate of drug-likeness (QED) is 0.775. The molecule has 134 valence electrons. The van der Waals surface area contributed by atoms with E-state index in [1.54, 1.807) is 26.0 Å². The number of carbonyl (C=O) groups excluding carboxylic acids is 2. The number of para-hydroxylation sites is 1. The van der Waals surface area contributed by atoms with E-state index in [1.165, 1.54) is 12.1 Å². The standard InChI is InChI=1S/C15H16FN3O5S/c1-8(23-11-7-5-4-6-10(11)16)13-18-19-15(24-13)25-9(2)12(20)17-14(21)22-3/h4-9H,1-3H3,(H,17,20,21)/t8-,9-/m1/s1. The number of aromatic nitrogens is 2. The van der Waals surface area contributed by atoms with Crippen LogP contribution in [0.5, 0.6) is 5.75 Å². The first-order valence-corrected chi connectivity index (χ1v) is 8.08. The third kappa shape index (κ3) is 5.18. The molecule has 2 aromatic rings. The van der Waals surface area contributed by atoms with Crippen LogP contribution in [0.3, 0.4) is 0 Å². The Morgan fingerprint density at radius 1 is 1.28 bits per heavy atom. The van der Waals surface area contributed by atoms with Crippen LogP contribution in [0.15, 0.2) is 33.9 Å². The van der Waals surface area contributed by atoms with Crippen molar-refractivity contribution in [2.75, 3.05) is 7.11 Å². The first kappa shape index (κ1) is 18.7. The molecule has 0 aliphatic rings. The third-order valence-corrected chi connectivity index (χ3v) is 3.90. The maximum atomic E-state index is 13.6. The van der Waals surface area contributed by atoms with E-state index in [0.29, 0.717) is 0 Å². The molecule has 8 nitrogen and oxygen atoms in total. The van der Waals surface area contributed by atoms with Crippen LogP contribution >= 0.6 is 11.8 Å². The van der Waals surface area contributed by atoms with Crippen molar-refractivity contribution in [3.63, 3.8) is 0 Å². The Balaban J connectivity index is 1.96. The van der Waals surface area contributed by atoms with Crippen LogP contribution in [0.4, 0.5) is 9.18 Å². The highest BCUT2D eigenvalue weighted by atomic mass is 32.2. The van der Waals surface area contributed by atoms with E-state index in [4.69, 9.17) is 9.15 Å². The predicted molar refractivity (Wildman–Crippen MR) is 85.6 cm³/mol. The predicted octanol–water partition coefficient (Wildman–Crippen LogP) is 2.71. The molecule has 1 aromatic carbocycles. The summed E-state index contributed by atoms with van der Waals surface area (Å²) in [6.07, 6.45) is -1.53. The van der Waals surface area contributed by atoms with Crippen molar-refractivity contribution in [2.24, 2.45) is 0 Å². The number of nitrogens with one attached hydrogen (secondary N) is 1. The number of methoxy groups -OCH3 is 1. The van der Waals surface area contributed by atoms with Crippen LogP contribution < -0.4 is 10.1 Å². The van der Waals surface area contributed by atoms with E-state index in [2.05, 4.69) is 14.9 Å². The maximum absolute atomic E-state index is 13.6. The third-order valence-electron chi connectivity index (χ3n) is 2.97. The lowest BCUT2D eigenvalue weighted by Gasteiger charge is -2.11. The molecule has 1 N–H and O–H groups in total. The van der Waals surface area contributed by atoms with Gasteiger partial charge in [-0.2, -0.15) is 0 Å². The molecule has 0 radical (unpaired) electrons. The van der Waals surface area contributed by atoms with Gasteiger partial charge in [0.05, 0.1) is 12.4 Å². The minimum atomic E-state index is -0.851. The number of hydrogen-bond donors (Lipinski definition) is 1. The number of hydrogen-bond acceptors (Lipinski definition) is 8. The zero-order valence-electron chi connectivity index (χ0n) is 13.7. The highest BCUT2D eigenvalue weighted by Crippen LogP contribution is 2.27. The molecule has 2 amide bonds. The van der Waals surface area contributed by atoms with Crippen LogP contribution in [-0.2, 0) is 9.53 Å². The molecule has 25 heavy (non-hydrogen) atoms. The summed E-state index contributed by atoms with van der Waals surface area (Å²) in [5.41, 5.74) is 0. The number of ether oxygens (including phenoxy) is 2. The van der Waals surface area contributed by atoms with Gasteiger partial charge < -0.3 is 13.9 Å². The number of amides is 2. The van der Waals surface area contributed by atoms with Gasteiger partial charge in [0.25, 0.3) is 11.1 Å². The van der Waals surface area contributed by atoms with Crippen molar-refractivity contribution in [1.82, 2.24) is 15.5 Å². The van der Waals surface area contributed by atoms with E-state index in [-0.39, 0.29) is 16.9 Å². The lowest BCUT2D eigenvalue weighted by Crippen LogP contribution is -2.35. The molecule has 0 aliphatic heterocycles. The molecule has 0 saturated heterocycles. The highest BCUT2D eigenvalue weighted by Gasteiger charge is 2.22. The second-order valence-electron chi connectivity index (χ2n) is 4.84. The Hall–Kier alpha value is -2.62. The van der Waals surface area contributed by atoms with Crippen LogP contribution in [0.2, 0.25) is 0 Å². The van der Waals surface area contributed by atoms with Crippen LogP contribution in [0, 0.1) is 5.82 Å². The van der Waals surface area contributed by atoms with Crippen LogP contribution in [-0.4, -0.2) is 34.6 Å². The summed E-state index contributed by atoms with van der Waals surface area (Å²) in [6.45, 7) is 3.19. The minimum Gasteiger partial charge on any atom is -0.478 e. The van der Waals surface area contributed by atoms with Crippen LogP contribution in [0.25, 0.3) is 0 Å². The highest BCUT2D eigenvalue weighted by molar-refractivity contribution is 8.00. The number of benzene rings is 1. The Bertz CT molecular complexity index is 754. The lowest BCUT2D eigenvalue weighted by atomic mass is 10.3. The normalized spacial score (nSPS) is 13.0. The zero-order valence-corrected chi connectivity index (χ0v) is 14.5. The van der Waals surface area contributed by atoms with Crippen molar-refractivity contribution < 1.29 is 27.9 Å². The van der Waals surface area contributed by atoms with Crippen molar-refractivity contribution in [1.29, 1.82) is 0 Å². The number of carbonyl (C=O) groups is 2. The van der Waals surface area contributed by atoms with E-state index in [1.807, 2.05) is 5.32 Å². The smallest absolute Gasteiger partial charge is 0.413 e. The maximum Gasteiger partial charge on any atom is 0.413 e. The van der Waals surface area contributed by atoms with Gasteiger partial charge in [-0.05, 0) is 26.0 Å². The summed E-state index contributed by atoms with van der Waals surface area (Å²) in [4.78, 5) is 22.8. The summed E-state index contributed by atoms with van der Waals surface area (Å²) < 4.78 is 28.8. The fourth-order valence-electron chi connectivity index (χ4n) is 1.67. The molecule has 2 rings (SSSR count). The van der Waals surface area contributed by atoms with Crippen molar-refractivity contribution in [3.8, 4) is 5.75 Å². The largest absolute Gasteiger partial charge is 0.478 e. The van der Waals surface area contributed by atoms with E-state index in [9.17, 15) is 14.0 Å². The summed E-state index contributed by atoms with van der Waals surface area (Å²) in [5.74, 6) is -0.872. The van der Waals surface area contributed by atoms with Gasteiger partial charge >= 0.3 is 6.09 Å². The van der Waals surface area contributed by atoms with Gasteiger partial charge in [-0.15, -0.1) is 10.2 Å². The number of alkyl carbamates (subject to hydrolysis) is 1. The van der Waals surface area contributed by atoms with Crippen molar-refractivity contribution >= 4 is 23.8 Å². The topological polar surface area (TPSA) is 104 Å². The Labute approximate surface area is 147 Å². The van der Waals surface area contributed by atoms with E-state index < -0.39 is 29.2 Å². The Kier molecular flexibility index (Phi) is 6.34. The summed E-state index contributed by atoms with van der Waals surface area (Å²) in [6, 6.07) is 5.95. The molecule has 0 spiro atoms. The first-order valence-electron chi connectivity index (χ1n) is 7.20. The molecule has 2 atom stereocenters. The average Bonchev–Trinajstić information content (AvgIpc) is 3.05. The second kappa shape index (κ2) is 8.47. The fraction of sp³-hybridized carbons (Fsp3) is 0.333. The molecule has 0 bridgehead atoms. The summed E-state index contributed by atoms with van der Waals surface area (Å²) >= 11 is 0.962. The lowest BCUT2D eigenvalue weighted by molar-refractivity contribution is -0.119. The van der Waals surface area contributed by atoms with Gasteiger partial charge in [0.15, 0.2) is 17.7 Å². The molecule has 1 aromatic heterocycles. The van der Waals surface area contributed by atoms with E-state index in [0.717, 1.165) is 18.9 Å². The molecule has 0 unspecified atom stereocenters. The molecule has 1 heterocycles. The number of halogens is 1. The minimum absolute atomic E-state index is 0.0632. The monoisotopic (exact) mass is 369 g/mol. The zero-order chi connectivity index (χ0) is 18.4. The van der Waals surface area contributed by atoms with Gasteiger partial charge in [-0.25, -0.2) is 9.18 Å². The SMILES string of the molecule is COC(=O)NC(=O)[C@@H](C)Sc1nnc([C@@H](C)Oc2ccccc2F)o1. The molecule has 0 saturated carbocycles. The van der Waals surface area contributed by atoms with Gasteiger partial charge in [0.2, 0.25) is 5.91 Å². The van der Waals surface area contributed by atoms with Crippen molar-refractivity contribution in [2.45, 2.75) is 30.4 Å². The Morgan fingerprint density at radius 2 is 2.00 bits per heavy atom. The summed E-state index contributed by atoms with van der Waals surface area (Å²) in [7, 11) is 1.15. The fourth-order valence-corrected chi connectivity index (χ4v) is 2.36. The average molecular weight is 369 g/mol. The Morgan fingerprint density at radius 3 is 2.68 bits per heavy atom. The number of thioether (sulfide) groups is 1. The van der Waals surface area contributed by atoms with Crippen LogP contribution in [0.1, 0.15) is 25.8 Å². The van der Waals surface area contributed by atoms with Gasteiger partial charge in [0.1, 0.15) is 0 Å². The molecule has 0 fully saturated rings.